The highest BCUT2D eigenvalue weighted by atomic mass is 16.6. The molecule has 2 heterocycles. The van der Waals surface area contributed by atoms with Gasteiger partial charge in [-0.25, -0.2) is 9.59 Å². The third-order valence-corrected chi connectivity index (χ3v) is 26.8. The quantitative estimate of drug-likeness (QED) is 0.0752. The van der Waals surface area contributed by atoms with Gasteiger partial charge in [0.15, 0.2) is 11.2 Å². The van der Waals surface area contributed by atoms with Gasteiger partial charge in [-0.05, 0) is 62.0 Å². The second-order valence-corrected chi connectivity index (χ2v) is 29.1. The maximum absolute atomic E-state index is 15.8. The average Bonchev–Trinajstić information content (AvgIpc) is 1.45. The van der Waals surface area contributed by atoms with Crippen LogP contribution in [-0.2, 0) is 66.4 Å². The molecular weight excluding hydrogens is 1200 g/mol. The molecule has 12 aliphatic rings. The van der Waals surface area contributed by atoms with Crippen molar-refractivity contribution in [1.29, 1.82) is 0 Å². The Balaban J connectivity index is 0.889. The van der Waals surface area contributed by atoms with Gasteiger partial charge in [0.05, 0.1) is 73.8 Å². The van der Waals surface area contributed by atoms with Crippen molar-refractivity contribution >= 4 is 23.9 Å². The molecule has 14 bridgehead atoms. The lowest BCUT2D eigenvalue weighted by Gasteiger charge is -2.70. The van der Waals surface area contributed by atoms with Crippen molar-refractivity contribution in [2.75, 3.05) is 96.3 Å². The highest BCUT2D eigenvalue weighted by molar-refractivity contribution is 5.90. The number of ether oxygens (including phenoxy) is 12. The monoisotopic (exact) mass is 1290 g/mol. The van der Waals surface area contributed by atoms with Crippen LogP contribution in [0.2, 0.25) is 0 Å². The van der Waals surface area contributed by atoms with E-state index in [1.54, 1.807) is 103 Å². The molecular formula is C68H92N2O22. The van der Waals surface area contributed by atoms with Gasteiger partial charge in [0.25, 0.3) is 0 Å². The fraction of sp³-hybridized carbons (Fsp3) is 0.765. The first kappa shape index (κ1) is 65.0. The fourth-order valence-electron chi connectivity index (χ4n) is 24.8. The molecule has 0 amide bonds. The number of fused-ring (bicyclic) bond motifs is 4. The summed E-state index contributed by atoms with van der Waals surface area (Å²) < 4.78 is 78.7. The smallest absolute Gasteiger partial charge is 0.338 e. The fourth-order valence-corrected chi connectivity index (χ4v) is 24.8. The van der Waals surface area contributed by atoms with Crippen LogP contribution in [0.4, 0.5) is 0 Å². The topological polar surface area (TPSA) is 307 Å². The maximum atomic E-state index is 15.8. The number of aliphatic hydroxyl groups is 6. The van der Waals surface area contributed by atoms with Gasteiger partial charge in [-0.15, -0.1) is 0 Å². The number of nitrogens with zero attached hydrogens (tertiary/aromatic N) is 2. The Morgan fingerprint density at radius 2 is 0.870 bits per heavy atom. The second-order valence-electron chi connectivity index (χ2n) is 29.1. The summed E-state index contributed by atoms with van der Waals surface area (Å²) in [5, 5.41) is 79.4. The van der Waals surface area contributed by atoms with Crippen molar-refractivity contribution in [2.45, 2.75) is 160 Å². The van der Waals surface area contributed by atoms with Crippen molar-refractivity contribution in [2.24, 2.45) is 69.0 Å². The summed E-state index contributed by atoms with van der Waals surface area (Å²) in [5.41, 5.74) is -12.2. The summed E-state index contributed by atoms with van der Waals surface area (Å²) in [6, 6.07) is 15.3. The van der Waals surface area contributed by atoms with Crippen molar-refractivity contribution in [1.82, 2.24) is 9.80 Å². The van der Waals surface area contributed by atoms with Gasteiger partial charge in [0.2, 0.25) is 0 Å². The summed E-state index contributed by atoms with van der Waals surface area (Å²) in [5.74, 6) is -10.7. The van der Waals surface area contributed by atoms with Gasteiger partial charge >= 0.3 is 23.9 Å². The summed E-state index contributed by atoms with van der Waals surface area (Å²) in [6.07, 6.45) is -16.2. The van der Waals surface area contributed by atoms with Crippen LogP contribution >= 0.6 is 0 Å². The molecule has 0 aromatic heterocycles. The predicted octanol–water partition coefficient (Wildman–Crippen LogP) is 1.05. The van der Waals surface area contributed by atoms with Crippen molar-refractivity contribution in [3.05, 3.63) is 71.8 Å². The zero-order valence-corrected chi connectivity index (χ0v) is 54.1. The Morgan fingerprint density at radius 1 is 0.500 bits per heavy atom. The van der Waals surface area contributed by atoms with E-state index in [-0.39, 0.29) is 50.0 Å². The molecule has 92 heavy (non-hydrogen) atoms. The molecule has 10 saturated carbocycles. The molecule has 6 N–H and O–H groups in total. The van der Waals surface area contributed by atoms with Crippen LogP contribution in [0.3, 0.4) is 0 Å². The van der Waals surface area contributed by atoms with Gasteiger partial charge in [-0.3, -0.25) is 19.4 Å². The van der Waals surface area contributed by atoms with Gasteiger partial charge < -0.3 is 87.5 Å². The zero-order chi connectivity index (χ0) is 65.4. The lowest BCUT2D eigenvalue weighted by molar-refractivity contribution is -0.324. The van der Waals surface area contributed by atoms with E-state index in [1.165, 1.54) is 14.2 Å². The normalized spacial score (nSPS) is 50.1. The molecule has 0 radical (unpaired) electrons. The molecule has 2 aromatic carbocycles. The molecule has 24 heteroatoms. The van der Waals surface area contributed by atoms with Gasteiger partial charge in [-0.2, -0.15) is 0 Å². The second kappa shape index (κ2) is 22.6. The van der Waals surface area contributed by atoms with Gasteiger partial charge in [-0.1, -0.05) is 50.2 Å². The summed E-state index contributed by atoms with van der Waals surface area (Å²) in [6.45, 7) is 5.63. The molecule has 2 aromatic rings. The SMILES string of the molecule is CCN1C[C@]2(COC)[C@H](O)C[C@H](OC)[C@@]34[C@@H]5C[C@@]6(O)[C@H](OC(=O)c7ccccc7)[C@@H]5[C@@](OC(=O)CCC(=O)O[C@@]57[C@@H]8[C@H](OC)[C@@H]9[C@]%10(COC)CN(CC)[C@H]8[C@]9([C@@H](OC)C[C@H]%10O)[C@@H]8C[C@@](O)([C@H](OC(=O)c9ccccc9)[C@@H]85)[C@@H](OC)[C@@H]7O)([C@H]([C@H](OC)[C@H]23)[C@@H]14)[C@@H](O)[C@@H]6OC. The van der Waals surface area contributed by atoms with E-state index in [2.05, 4.69) is 9.80 Å². The first-order valence-electron chi connectivity index (χ1n) is 32.9. The Bertz CT molecular complexity index is 2970. The molecule has 24 nitrogen and oxygen atoms in total. The zero-order valence-electron chi connectivity index (χ0n) is 54.1. The van der Waals surface area contributed by atoms with Crippen molar-refractivity contribution in [3.63, 3.8) is 0 Å². The van der Waals surface area contributed by atoms with E-state index in [1.807, 2.05) is 13.8 Å². The Hall–Kier alpha value is -4.32. The molecule has 10 aliphatic carbocycles. The third-order valence-electron chi connectivity index (χ3n) is 26.8. The van der Waals surface area contributed by atoms with E-state index >= 15 is 9.59 Å². The van der Waals surface area contributed by atoms with E-state index in [4.69, 9.17) is 56.8 Å². The number of methoxy groups -OCH3 is 8. The van der Waals surface area contributed by atoms with Crippen LogP contribution in [0.1, 0.15) is 73.1 Å². The molecule has 506 valence electrons. The van der Waals surface area contributed by atoms with Crippen LogP contribution in [0, 0.1) is 69.0 Å². The van der Waals surface area contributed by atoms with Gasteiger partial charge in [0, 0.05) is 152 Å². The molecule has 14 rings (SSSR count). The van der Waals surface area contributed by atoms with Gasteiger partial charge in [0.1, 0.15) is 47.8 Å². The predicted molar refractivity (Wildman–Crippen MR) is 319 cm³/mol. The van der Waals surface area contributed by atoms with E-state index in [0.717, 1.165) is 0 Å². The minimum Gasteiger partial charge on any atom is -0.455 e. The van der Waals surface area contributed by atoms with E-state index < -0.39 is 213 Å². The lowest BCUT2D eigenvalue weighted by atomic mass is 9.42. The maximum Gasteiger partial charge on any atom is 0.338 e. The van der Waals surface area contributed by atoms with Crippen LogP contribution < -0.4 is 0 Å². The van der Waals surface area contributed by atoms with E-state index in [9.17, 15) is 40.2 Å². The molecule has 2 aliphatic heterocycles. The number of piperidine rings is 2. The van der Waals surface area contributed by atoms with Crippen molar-refractivity contribution < 1.29 is 107 Å². The molecule has 2 saturated heterocycles. The van der Waals surface area contributed by atoms with Crippen molar-refractivity contribution in [3.8, 4) is 0 Å². The Kier molecular flexibility index (Phi) is 16.0. The number of hydrogen-bond acceptors (Lipinski definition) is 24. The van der Waals surface area contributed by atoms with Crippen LogP contribution in [-0.4, -0.2) is 268 Å². The number of carbonyl (C=O) groups excluding carboxylic acids is 4. The summed E-state index contributed by atoms with van der Waals surface area (Å²) >= 11 is 0. The first-order valence-corrected chi connectivity index (χ1v) is 32.9. The number of carbonyl (C=O) groups is 4. The number of esters is 4. The average molecular weight is 1290 g/mol. The number of aliphatic hydroxyl groups excluding tert-OH is 4. The third kappa shape index (κ3) is 7.69. The molecule has 0 unspecified atom stereocenters. The molecule has 30 atom stereocenters. The number of hydrogen-bond donors (Lipinski definition) is 6. The number of likely N-dealkylation sites (tertiary alicyclic amines) is 2. The van der Waals surface area contributed by atoms with Crippen LogP contribution in [0.25, 0.3) is 0 Å². The number of rotatable bonds is 21. The largest absolute Gasteiger partial charge is 0.455 e. The standard InChI is InChI=1S/C68H92N2O22/c1-11-69-29-61(31-81-3)37(71)25-39(83-5)65-35-27-63(79)55(89-59(77)33-19-15-13-16-20-33)43(35)67(53(75)57(63)87-9,45(51(65)69)47(85-7)49(61)65)91-41(73)23-24-42(74)92-68-44-36(28-64(80,58(88-10)54(68)76)56(44)90-60(78)34-21-17-14-18-22-34)66-40(84-6)26-38(72)62(32-82-4)30-70(12-2)52(66)46(68)48(86-8)50(62)66/h13-22,35-40,43-58,71-72,75-76,79-80H,11-12,23-32H2,1-10H3/t35-,36-,37-,38-,39+,40+,43-,44-,45-,46-,47+,48+,49-,50-,51-,52-,53+,54+,55-,56-,57+,58+,61+,62+,63-,64-,65+,66+,67-,68-/m1/s1. The minimum absolute atomic E-state index is 0.0885. The minimum atomic E-state index is -2.13. The highest BCUT2D eigenvalue weighted by Crippen LogP contribution is 2.83. The summed E-state index contributed by atoms with van der Waals surface area (Å²) in [7, 11) is 12.1. The van der Waals surface area contributed by atoms with Crippen LogP contribution in [0.5, 0.6) is 0 Å². The van der Waals surface area contributed by atoms with E-state index in [0.29, 0.717) is 26.2 Å². The molecule has 12 fully saturated rings. The first-order chi connectivity index (χ1) is 44.1. The van der Waals surface area contributed by atoms with Crippen LogP contribution in [0.15, 0.2) is 60.7 Å². The lowest BCUT2D eigenvalue weighted by Crippen LogP contribution is -2.81. The highest BCUT2D eigenvalue weighted by Gasteiger charge is 2.95. The Morgan fingerprint density at radius 3 is 1.18 bits per heavy atom. The Labute approximate surface area is 535 Å². The number of benzene rings is 2. The summed E-state index contributed by atoms with van der Waals surface area (Å²) in [4.78, 5) is 65.3. The molecule has 2 spiro atoms.